The van der Waals surface area contributed by atoms with Crippen LogP contribution in [0.2, 0.25) is 0 Å². The molecule has 0 aromatic heterocycles. The van der Waals surface area contributed by atoms with Gasteiger partial charge in [-0.25, -0.2) is 13.2 Å². The lowest BCUT2D eigenvalue weighted by atomic mass is 9.91. The van der Waals surface area contributed by atoms with Gasteiger partial charge in [-0.15, -0.1) is 11.8 Å². The van der Waals surface area contributed by atoms with E-state index in [1.807, 2.05) is 0 Å². The fourth-order valence-corrected chi connectivity index (χ4v) is 7.77. The molecule has 0 radical (unpaired) electrons. The van der Waals surface area contributed by atoms with E-state index in [0.29, 0.717) is 11.5 Å². The average molecular weight is 584 g/mol. The Bertz CT molecular complexity index is 1100. The van der Waals surface area contributed by atoms with E-state index in [2.05, 4.69) is 10.6 Å². The SMILES string of the molecule is COc1ccc(CNC(=O)C(CS(=O)(=O)CC2CCCCC2)NC(=O)C2CSCN2C(=O)OC(C)(C)C)cc1. The third-order valence-electron chi connectivity index (χ3n) is 6.71. The van der Waals surface area contributed by atoms with Gasteiger partial charge in [0.15, 0.2) is 9.84 Å². The van der Waals surface area contributed by atoms with Gasteiger partial charge in [-0.3, -0.25) is 14.5 Å². The molecule has 2 N–H and O–H groups in total. The summed E-state index contributed by atoms with van der Waals surface area (Å²) in [5, 5.41) is 5.40. The molecule has 10 nitrogen and oxygen atoms in total. The number of rotatable bonds is 10. The number of benzene rings is 1. The quantitative estimate of drug-likeness (QED) is 0.430. The van der Waals surface area contributed by atoms with Crippen LogP contribution < -0.4 is 15.4 Å². The summed E-state index contributed by atoms with van der Waals surface area (Å²) >= 11 is 1.39. The zero-order chi connectivity index (χ0) is 28.6. The van der Waals surface area contributed by atoms with Crippen molar-refractivity contribution in [3.05, 3.63) is 29.8 Å². The van der Waals surface area contributed by atoms with E-state index >= 15 is 0 Å². The van der Waals surface area contributed by atoms with E-state index in [1.54, 1.807) is 52.1 Å². The van der Waals surface area contributed by atoms with Crippen molar-refractivity contribution in [3.8, 4) is 5.75 Å². The molecule has 1 aliphatic heterocycles. The molecule has 1 aliphatic carbocycles. The number of sulfone groups is 1. The first-order valence-electron chi connectivity index (χ1n) is 13.4. The summed E-state index contributed by atoms with van der Waals surface area (Å²) in [5.74, 6) is -0.361. The van der Waals surface area contributed by atoms with Crippen LogP contribution in [0.3, 0.4) is 0 Å². The molecule has 1 heterocycles. The molecule has 1 saturated carbocycles. The lowest BCUT2D eigenvalue weighted by Gasteiger charge is -2.28. The summed E-state index contributed by atoms with van der Waals surface area (Å²) in [6.45, 7) is 5.37. The van der Waals surface area contributed by atoms with Gasteiger partial charge in [0.1, 0.15) is 23.4 Å². The smallest absolute Gasteiger partial charge is 0.411 e. The number of ether oxygens (including phenoxy) is 2. The highest BCUT2D eigenvalue weighted by Crippen LogP contribution is 2.26. The molecule has 12 heteroatoms. The summed E-state index contributed by atoms with van der Waals surface area (Å²) in [5.41, 5.74) is 0.0604. The topological polar surface area (TPSA) is 131 Å². The van der Waals surface area contributed by atoms with Gasteiger partial charge < -0.3 is 20.1 Å². The zero-order valence-electron chi connectivity index (χ0n) is 23.2. The van der Waals surface area contributed by atoms with Gasteiger partial charge in [-0.05, 0) is 57.2 Å². The van der Waals surface area contributed by atoms with Crippen LogP contribution >= 0.6 is 11.8 Å². The number of amides is 3. The second kappa shape index (κ2) is 13.7. The predicted octanol–water partition coefficient (Wildman–Crippen LogP) is 3.10. The normalized spacial score (nSPS) is 19.3. The maximum atomic E-state index is 13.3. The number of nitrogens with zero attached hydrogens (tertiary/aromatic N) is 1. The Morgan fingerprint density at radius 1 is 1.10 bits per heavy atom. The van der Waals surface area contributed by atoms with Gasteiger partial charge in [0.2, 0.25) is 11.8 Å². The number of nitrogens with one attached hydrogen (secondary N) is 2. The van der Waals surface area contributed by atoms with Gasteiger partial charge in [-0.2, -0.15) is 0 Å². The summed E-state index contributed by atoms with van der Waals surface area (Å²) in [6, 6.07) is 4.94. The summed E-state index contributed by atoms with van der Waals surface area (Å²) in [7, 11) is -2.08. The van der Waals surface area contributed by atoms with Crippen LogP contribution in [0.1, 0.15) is 58.4 Å². The van der Waals surface area contributed by atoms with Crippen molar-refractivity contribution >= 4 is 39.5 Å². The van der Waals surface area contributed by atoms with Crippen molar-refractivity contribution in [2.45, 2.75) is 77.1 Å². The Morgan fingerprint density at radius 2 is 1.77 bits per heavy atom. The lowest BCUT2D eigenvalue weighted by Crippen LogP contribution is -2.56. The Kier molecular flexibility index (Phi) is 10.9. The second-order valence-corrected chi connectivity index (χ2v) is 14.3. The van der Waals surface area contributed by atoms with Crippen molar-refractivity contribution < 1.29 is 32.3 Å². The Balaban J connectivity index is 1.71. The molecule has 2 unspecified atom stereocenters. The number of hydrogen-bond donors (Lipinski definition) is 2. The lowest BCUT2D eigenvalue weighted by molar-refractivity contribution is -0.130. The van der Waals surface area contributed by atoms with Crippen molar-refractivity contribution in [1.82, 2.24) is 15.5 Å². The number of thioether (sulfide) groups is 1. The third kappa shape index (κ3) is 9.90. The molecule has 0 spiro atoms. The van der Waals surface area contributed by atoms with Gasteiger partial charge in [0.25, 0.3) is 0 Å². The fourth-order valence-electron chi connectivity index (χ4n) is 4.70. The summed E-state index contributed by atoms with van der Waals surface area (Å²) in [6.07, 6.45) is 4.19. The average Bonchev–Trinajstić information content (AvgIpc) is 3.37. The maximum Gasteiger partial charge on any atom is 0.411 e. The van der Waals surface area contributed by atoms with E-state index in [4.69, 9.17) is 9.47 Å². The first-order valence-corrected chi connectivity index (χ1v) is 16.3. The molecule has 218 valence electrons. The minimum absolute atomic E-state index is 0.00551. The molecule has 1 saturated heterocycles. The van der Waals surface area contributed by atoms with Crippen LogP contribution in [0.4, 0.5) is 4.79 Å². The molecule has 2 atom stereocenters. The first-order chi connectivity index (χ1) is 18.4. The van der Waals surface area contributed by atoms with E-state index < -0.39 is 51.2 Å². The van der Waals surface area contributed by atoms with Gasteiger partial charge >= 0.3 is 6.09 Å². The van der Waals surface area contributed by atoms with Crippen molar-refractivity contribution in [2.75, 3.05) is 30.2 Å². The Hall–Kier alpha value is -2.47. The molecule has 2 fully saturated rings. The number of carbonyl (C=O) groups is 3. The molecular weight excluding hydrogens is 542 g/mol. The monoisotopic (exact) mass is 583 g/mol. The maximum absolute atomic E-state index is 13.3. The molecule has 2 aliphatic rings. The highest BCUT2D eigenvalue weighted by atomic mass is 32.2. The van der Waals surface area contributed by atoms with Crippen molar-refractivity contribution in [3.63, 3.8) is 0 Å². The minimum Gasteiger partial charge on any atom is -0.497 e. The van der Waals surface area contributed by atoms with Gasteiger partial charge in [0, 0.05) is 12.3 Å². The van der Waals surface area contributed by atoms with E-state index in [0.717, 1.165) is 37.7 Å². The fraction of sp³-hybridized carbons (Fsp3) is 0.667. The highest BCUT2D eigenvalue weighted by molar-refractivity contribution is 7.99. The summed E-state index contributed by atoms with van der Waals surface area (Å²) < 4.78 is 36.9. The number of carbonyl (C=O) groups excluding carboxylic acids is 3. The minimum atomic E-state index is -3.64. The Labute approximate surface area is 235 Å². The van der Waals surface area contributed by atoms with Crippen LogP contribution in [0.25, 0.3) is 0 Å². The predicted molar refractivity (Wildman–Crippen MR) is 151 cm³/mol. The number of methoxy groups -OCH3 is 1. The van der Waals surface area contributed by atoms with Gasteiger partial charge in [0.05, 0.1) is 24.5 Å². The molecule has 0 bridgehead atoms. The molecule has 1 aromatic rings. The van der Waals surface area contributed by atoms with Crippen molar-refractivity contribution in [2.24, 2.45) is 5.92 Å². The molecule has 39 heavy (non-hydrogen) atoms. The van der Waals surface area contributed by atoms with Crippen LogP contribution in [-0.4, -0.2) is 79.2 Å². The second-order valence-electron chi connectivity index (χ2n) is 11.2. The Morgan fingerprint density at radius 3 is 2.38 bits per heavy atom. The van der Waals surface area contributed by atoms with Crippen LogP contribution in [0, 0.1) is 5.92 Å². The standard InChI is InChI=1S/C27H41N3O7S2/c1-27(2,3)37-26(33)30-18-38-15-23(30)25(32)29-22(17-39(34,35)16-20-8-6-5-7-9-20)24(31)28-14-19-10-12-21(36-4)13-11-19/h10-13,20,22-23H,5-9,14-18H2,1-4H3,(H,28,31)(H,29,32). The zero-order valence-corrected chi connectivity index (χ0v) is 24.9. The van der Waals surface area contributed by atoms with Crippen molar-refractivity contribution in [1.29, 1.82) is 0 Å². The first kappa shape index (κ1) is 31.1. The van der Waals surface area contributed by atoms with Crippen LogP contribution in [0.15, 0.2) is 24.3 Å². The molecule has 1 aromatic carbocycles. The third-order valence-corrected chi connectivity index (χ3v) is 9.54. The molecule has 3 rings (SSSR count). The van der Waals surface area contributed by atoms with Gasteiger partial charge in [-0.1, -0.05) is 31.4 Å². The highest BCUT2D eigenvalue weighted by Gasteiger charge is 2.39. The van der Waals surface area contributed by atoms with E-state index in [9.17, 15) is 22.8 Å². The number of hydrogen-bond acceptors (Lipinski definition) is 8. The van der Waals surface area contributed by atoms with Crippen LogP contribution in [-0.2, 0) is 30.7 Å². The molecule has 3 amide bonds. The molecular formula is C27H41N3O7S2. The largest absolute Gasteiger partial charge is 0.497 e. The summed E-state index contributed by atoms with van der Waals surface area (Å²) in [4.78, 5) is 40.5. The van der Waals surface area contributed by atoms with E-state index in [1.165, 1.54) is 16.7 Å². The van der Waals surface area contributed by atoms with E-state index in [-0.39, 0.29) is 24.1 Å². The van der Waals surface area contributed by atoms with Crippen LogP contribution in [0.5, 0.6) is 5.75 Å².